The van der Waals surface area contributed by atoms with Crippen molar-refractivity contribution in [3.8, 4) is 5.75 Å². The van der Waals surface area contributed by atoms with Crippen LogP contribution < -0.4 is 15.4 Å². The fraction of sp³-hybridized carbons (Fsp3) is 0.462. The van der Waals surface area contributed by atoms with Crippen molar-refractivity contribution in [2.75, 3.05) is 40.0 Å². The molecule has 33 heavy (non-hydrogen) atoms. The van der Waals surface area contributed by atoms with Crippen LogP contribution in [0.4, 0.5) is 0 Å². The van der Waals surface area contributed by atoms with E-state index in [-0.39, 0.29) is 23.8 Å². The molecule has 2 amide bonds. The van der Waals surface area contributed by atoms with Gasteiger partial charge >= 0.3 is 0 Å². The maximum atomic E-state index is 13.2. The predicted octanol–water partition coefficient (Wildman–Crippen LogP) is 2.95. The molecule has 1 aliphatic rings. The van der Waals surface area contributed by atoms with Crippen LogP contribution in [0.15, 0.2) is 48.5 Å². The largest absolute Gasteiger partial charge is 0.497 e. The van der Waals surface area contributed by atoms with Gasteiger partial charge in [0, 0.05) is 25.2 Å². The first-order chi connectivity index (χ1) is 15.9. The molecule has 0 bridgehead atoms. The van der Waals surface area contributed by atoms with Crippen LogP contribution in [0.3, 0.4) is 0 Å². The molecule has 2 N–H and O–H groups in total. The van der Waals surface area contributed by atoms with Crippen LogP contribution in [0.25, 0.3) is 0 Å². The average molecular weight is 454 g/mol. The molecule has 1 heterocycles. The lowest BCUT2D eigenvalue weighted by atomic mass is 10.0. The third-order valence-electron chi connectivity index (χ3n) is 6.08. The van der Waals surface area contributed by atoms with Gasteiger partial charge in [-0.2, -0.15) is 0 Å². The standard InChI is InChI=1S/C26H35N3O4/c1-18(2)24(28-25(30)22-8-6-5-7-19(22)3)26(31)27-17-23(29-13-15-33-16-14-29)20-9-11-21(32-4)12-10-20/h5-12,18,23-24H,13-17H2,1-4H3,(H,27,31)(H,28,30). The predicted molar refractivity (Wildman–Crippen MR) is 128 cm³/mol. The quantitative estimate of drug-likeness (QED) is 0.610. The van der Waals surface area contributed by atoms with Gasteiger partial charge < -0.3 is 20.1 Å². The summed E-state index contributed by atoms with van der Waals surface area (Å²) in [6, 6.07) is 14.7. The number of benzene rings is 2. The summed E-state index contributed by atoms with van der Waals surface area (Å²) in [4.78, 5) is 28.3. The zero-order valence-corrected chi connectivity index (χ0v) is 20.0. The number of morpholine rings is 1. The van der Waals surface area contributed by atoms with Crippen molar-refractivity contribution in [3.63, 3.8) is 0 Å². The molecule has 178 valence electrons. The van der Waals surface area contributed by atoms with Crippen molar-refractivity contribution in [3.05, 3.63) is 65.2 Å². The highest BCUT2D eigenvalue weighted by atomic mass is 16.5. The Hall–Kier alpha value is -2.90. The van der Waals surface area contributed by atoms with Gasteiger partial charge in [-0.1, -0.05) is 44.2 Å². The van der Waals surface area contributed by atoms with E-state index in [1.54, 1.807) is 13.2 Å². The van der Waals surface area contributed by atoms with Gasteiger partial charge in [0.2, 0.25) is 5.91 Å². The van der Waals surface area contributed by atoms with Gasteiger partial charge in [0.1, 0.15) is 11.8 Å². The minimum absolute atomic E-state index is 0.00337. The molecule has 7 nitrogen and oxygen atoms in total. The van der Waals surface area contributed by atoms with E-state index in [0.29, 0.717) is 25.3 Å². The molecule has 1 fully saturated rings. The topological polar surface area (TPSA) is 79.9 Å². The number of nitrogens with zero attached hydrogens (tertiary/aromatic N) is 1. The first kappa shape index (κ1) is 24.7. The average Bonchev–Trinajstić information content (AvgIpc) is 2.83. The fourth-order valence-corrected chi connectivity index (χ4v) is 4.06. The minimum Gasteiger partial charge on any atom is -0.497 e. The number of hydrogen-bond acceptors (Lipinski definition) is 5. The zero-order chi connectivity index (χ0) is 23.8. The van der Waals surface area contributed by atoms with Crippen molar-refractivity contribution in [1.29, 1.82) is 0 Å². The van der Waals surface area contributed by atoms with Gasteiger partial charge in [-0.15, -0.1) is 0 Å². The maximum Gasteiger partial charge on any atom is 0.252 e. The van der Waals surface area contributed by atoms with Gasteiger partial charge in [0.05, 0.1) is 26.4 Å². The zero-order valence-electron chi connectivity index (χ0n) is 20.0. The number of carbonyl (C=O) groups excluding carboxylic acids is 2. The number of ether oxygens (including phenoxy) is 2. The molecule has 0 aliphatic carbocycles. The fourth-order valence-electron chi connectivity index (χ4n) is 4.06. The Morgan fingerprint density at radius 1 is 1.06 bits per heavy atom. The summed E-state index contributed by atoms with van der Waals surface area (Å²) in [5.74, 6) is 0.323. The highest BCUT2D eigenvalue weighted by molar-refractivity contribution is 5.98. The Morgan fingerprint density at radius 2 is 1.73 bits per heavy atom. The van der Waals surface area contributed by atoms with E-state index in [2.05, 4.69) is 15.5 Å². The SMILES string of the molecule is COc1ccc(C(CNC(=O)C(NC(=O)c2ccccc2C)C(C)C)N2CCOCC2)cc1. The molecule has 2 aromatic rings. The van der Waals surface area contributed by atoms with E-state index in [9.17, 15) is 9.59 Å². The summed E-state index contributed by atoms with van der Waals surface area (Å²) >= 11 is 0. The minimum atomic E-state index is -0.627. The number of hydrogen-bond donors (Lipinski definition) is 2. The van der Waals surface area contributed by atoms with Crippen LogP contribution in [0.5, 0.6) is 5.75 Å². The third-order valence-corrected chi connectivity index (χ3v) is 6.08. The summed E-state index contributed by atoms with van der Waals surface area (Å²) < 4.78 is 10.8. The van der Waals surface area contributed by atoms with Gasteiger partial charge in [-0.3, -0.25) is 14.5 Å². The second-order valence-electron chi connectivity index (χ2n) is 8.69. The smallest absolute Gasteiger partial charge is 0.252 e. The van der Waals surface area contributed by atoms with Gasteiger partial charge in [-0.05, 0) is 42.2 Å². The number of carbonyl (C=O) groups is 2. The number of aryl methyl sites for hydroxylation is 1. The molecule has 1 saturated heterocycles. The van der Waals surface area contributed by atoms with Crippen LogP contribution in [0.1, 0.15) is 41.4 Å². The molecule has 0 aromatic heterocycles. The monoisotopic (exact) mass is 453 g/mol. The lowest BCUT2D eigenvalue weighted by Crippen LogP contribution is -2.52. The molecule has 7 heteroatoms. The molecular formula is C26H35N3O4. The molecule has 3 rings (SSSR count). The van der Waals surface area contributed by atoms with Crippen LogP contribution in [0, 0.1) is 12.8 Å². The van der Waals surface area contributed by atoms with Crippen LogP contribution >= 0.6 is 0 Å². The molecule has 2 aromatic carbocycles. The van der Waals surface area contributed by atoms with Crippen LogP contribution in [0.2, 0.25) is 0 Å². The molecule has 2 unspecified atom stereocenters. The Kier molecular flexibility index (Phi) is 8.86. The Balaban J connectivity index is 1.71. The molecule has 0 radical (unpaired) electrons. The second kappa shape index (κ2) is 11.8. The third kappa shape index (κ3) is 6.55. The summed E-state index contributed by atoms with van der Waals surface area (Å²) in [7, 11) is 1.64. The Bertz CT molecular complexity index is 923. The van der Waals surface area contributed by atoms with Crippen molar-refractivity contribution < 1.29 is 19.1 Å². The van der Waals surface area contributed by atoms with Crippen molar-refractivity contribution in [2.24, 2.45) is 5.92 Å². The lowest BCUT2D eigenvalue weighted by Gasteiger charge is -2.35. The van der Waals surface area contributed by atoms with E-state index in [0.717, 1.165) is 30.0 Å². The van der Waals surface area contributed by atoms with Crippen molar-refractivity contribution >= 4 is 11.8 Å². The Morgan fingerprint density at radius 3 is 2.33 bits per heavy atom. The van der Waals surface area contributed by atoms with Crippen molar-refractivity contribution in [2.45, 2.75) is 32.9 Å². The van der Waals surface area contributed by atoms with E-state index >= 15 is 0 Å². The second-order valence-corrected chi connectivity index (χ2v) is 8.69. The summed E-state index contributed by atoms with van der Waals surface area (Å²) in [6.07, 6.45) is 0. The number of nitrogens with one attached hydrogen (secondary N) is 2. The number of rotatable bonds is 9. The Labute approximate surface area is 196 Å². The lowest BCUT2D eigenvalue weighted by molar-refractivity contribution is -0.124. The van der Waals surface area contributed by atoms with Crippen LogP contribution in [-0.2, 0) is 9.53 Å². The highest BCUT2D eigenvalue weighted by Crippen LogP contribution is 2.24. The number of amides is 2. The van der Waals surface area contributed by atoms with Gasteiger partial charge in [0.15, 0.2) is 0 Å². The van der Waals surface area contributed by atoms with E-state index in [1.165, 1.54) is 0 Å². The van der Waals surface area contributed by atoms with Gasteiger partial charge in [0.25, 0.3) is 5.91 Å². The first-order valence-electron chi connectivity index (χ1n) is 11.5. The maximum absolute atomic E-state index is 13.2. The van der Waals surface area contributed by atoms with Crippen molar-refractivity contribution in [1.82, 2.24) is 15.5 Å². The van der Waals surface area contributed by atoms with Crippen LogP contribution in [-0.4, -0.2) is 62.7 Å². The van der Waals surface area contributed by atoms with E-state index in [4.69, 9.17) is 9.47 Å². The number of methoxy groups -OCH3 is 1. The highest BCUT2D eigenvalue weighted by Gasteiger charge is 2.28. The first-order valence-corrected chi connectivity index (χ1v) is 11.5. The summed E-state index contributed by atoms with van der Waals surface area (Å²) in [5.41, 5.74) is 2.56. The van der Waals surface area contributed by atoms with Gasteiger partial charge in [-0.25, -0.2) is 0 Å². The normalized spacial score (nSPS) is 16.2. The molecule has 0 spiro atoms. The molecule has 2 atom stereocenters. The van der Waals surface area contributed by atoms with E-state index in [1.807, 2.05) is 63.2 Å². The summed E-state index contributed by atoms with van der Waals surface area (Å²) in [5, 5.41) is 6.02. The molecular weight excluding hydrogens is 418 g/mol. The molecule has 0 saturated carbocycles. The summed E-state index contributed by atoms with van der Waals surface area (Å²) in [6.45, 7) is 9.13. The van der Waals surface area contributed by atoms with E-state index < -0.39 is 6.04 Å². The molecule has 1 aliphatic heterocycles.